The third-order valence-electron chi connectivity index (χ3n) is 2.10. The molecule has 1 aromatic heterocycles. The number of rotatable bonds is 5. The number of imidazole rings is 1. The Morgan fingerprint density at radius 3 is 2.89 bits per heavy atom. The Morgan fingerprint density at radius 1 is 1.33 bits per heavy atom. The zero-order valence-electron chi connectivity index (χ0n) is 9.20. The van der Waals surface area contributed by atoms with Gasteiger partial charge >= 0.3 is 0 Å². The molecule has 2 aromatic rings. The molecule has 0 spiro atoms. The normalized spacial score (nSPS) is 10.6. The topological polar surface area (TPSA) is 40.8 Å². The Morgan fingerprint density at radius 2 is 2.17 bits per heavy atom. The van der Waals surface area contributed by atoms with Gasteiger partial charge in [0, 0.05) is 22.1 Å². The fraction of sp³-hybridized carbons (Fsp3) is 0.182. The van der Waals surface area contributed by atoms with Gasteiger partial charge in [0.25, 0.3) is 0 Å². The van der Waals surface area contributed by atoms with Crippen LogP contribution < -0.4 is 4.74 Å². The molecule has 0 aliphatic rings. The summed E-state index contributed by atoms with van der Waals surface area (Å²) in [6.07, 6.45) is 1.88. The summed E-state index contributed by atoms with van der Waals surface area (Å²) in [5.41, 5.74) is 1.07. The average molecular weight is 410 g/mol. The van der Waals surface area contributed by atoms with Crippen LogP contribution >= 0.6 is 55.8 Å². The minimum absolute atomic E-state index is 0.584. The molecule has 0 bridgehead atoms. The number of nitrogens with one attached hydrogen (secondary N) is 2. The lowest BCUT2D eigenvalue weighted by Gasteiger charge is -2.07. The van der Waals surface area contributed by atoms with Crippen LogP contribution in [-0.2, 0) is 5.75 Å². The van der Waals surface area contributed by atoms with Crippen LogP contribution in [-0.4, -0.2) is 15.9 Å². The number of benzene rings is 1. The van der Waals surface area contributed by atoms with Crippen LogP contribution in [0.2, 0.25) is 0 Å². The second-order valence-electron chi connectivity index (χ2n) is 3.45. The minimum Gasteiger partial charge on any atom is -0.482 e. The molecule has 18 heavy (non-hydrogen) atoms. The van der Waals surface area contributed by atoms with Crippen LogP contribution in [0.15, 0.2) is 33.3 Å². The number of halogens is 2. The first-order chi connectivity index (χ1) is 8.65. The summed E-state index contributed by atoms with van der Waals surface area (Å²) in [5, 5.41) is 0. The van der Waals surface area contributed by atoms with Gasteiger partial charge in [-0.25, -0.2) is 0 Å². The van der Waals surface area contributed by atoms with E-state index in [-0.39, 0.29) is 0 Å². The van der Waals surface area contributed by atoms with Crippen molar-refractivity contribution in [3.8, 4) is 5.75 Å². The van der Waals surface area contributed by atoms with Crippen molar-refractivity contribution in [1.29, 1.82) is 0 Å². The van der Waals surface area contributed by atoms with Crippen molar-refractivity contribution >= 4 is 55.8 Å². The lowest BCUT2D eigenvalue weighted by molar-refractivity contribution is 0.390. The molecule has 0 aliphatic carbocycles. The number of aromatic nitrogens is 2. The van der Waals surface area contributed by atoms with Crippen LogP contribution in [0.1, 0.15) is 5.69 Å². The monoisotopic (exact) mass is 408 g/mol. The van der Waals surface area contributed by atoms with Crippen molar-refractivity contribution in [2.24, 2.45) is 0 Å². The summed E-state index contributed by atoms with van der Waals surface area (Å²) in [4.78, 5) is 6.00. The third-order valence-corrected chi connectivity index (χ3v) is 4.27. The largest absolute Gasteiger partial charge is 0.482 e. The van der Waals surface area contributed by atoms with Gasteiger partial charge in [-0.05, 0) is 46.3 Å². The van der Waals surface area contributed by atoms with E-state index in [9.17, 15) is 0 Å². The smallest absolute Gasteiger partial charge is 0.174 e. The Balaban J connectivity index is 1.81. The van der Waals surface area contributed by atoms with Gasteiger partial charge in [-0.1, -0.05) is 15.9 Å². The van der Waals surface area contributed by atoms with Crippen molar-refractivity contribution in [2.75, 3.05) is 5.94 Å². The number of aromatic amines is 2. The highest BCUT2D eigenvalue weighted by Crippen LogP contribution is 2.29. The highest BCUT2D eigenvalue weighted by atomic mass is 79.9. The lowest BCUT2D eigenvalue weighted by atomic mass is 10.3. The average Bonchev–Trinajstić information content (AvgIpc) is 2.75. The first kappa shape index (κ1) is 14.2. The van der Waals surface area contributed by atoms with E-state index in [0.717, 1.165) is 26.1 Å². The highest BCUT2D eigenvalue weighted by molar-refractivity contribution is 9.11. The number of thioether (sulfide) groups is 1. The second-order valence-corrected chi connectivity index (χ2v) is 6.56. The van der Waals surface area contributed by atoms with Gasteiger partial charge < -0.3 is 14.7 Å². The molecule has 2 rings (SSSR count). The predicted octanol–water partition coefficient (Wildman–Crippen LogP) is 4.87. The van der Waals surface area contributed by atoms with Crippen LogP contribution in [0.3, 0.4) is 0 Å². The van der Waals surface area contributed by atoms with E-state index in [2.05, 4.69) is 41.8 Å². The molecule has 96 valence electrons. The van der Waals surface area contributed by atoms with Crippen molar-refractivity contribution in [1.82, 2.24) is 9.97 Å². The summed E-state index contributed by atoms with van der Waals surface area (Å²) in [5.74, 6) is 2.25. The maximum atomic E-state index is 5.68. The number of ether oxygens (including phenoxy) is 1. The molecule has 0 aliphatic heterocycles. The van der Waals surface area contributed by atoms with Crippen molar-refractivity contribution in [3.05, 3.63) is 43.8 Å². The highest BCUT2D eigenvalue weighted by Gasteiger charge is 2.02. The van der Waals surface area contributed by atoms with Gasteiger partial charge in [0.2, 0.25) is 0 Å². The fourth-order valence-electron chi connectivity index (χ4n) is 1.29. The summed E-state index contributed by atoms with van der Waals surface area (Å²) in [6, 6.07) is 5.85. The quantitative estimate of drug-likeness (QED) is 0.420. The van der Waals surface area contributed by atoms with E-state index in [1.54, 1.807) is 11.8 Å². The van der Waals surface area contributed by atoms with Gasteiger partial charge in [0.1, 0.15) is 11.7 Å². The number of hydrogen-bond acceptors (Lipinski definition) is 3. The maximum Gasteiger partial charge on any atom is 0.174 e. The molecule has 3 nitrogen and oxygen atoms in total. The fourth-order valence-corrected chi connectivity index (χ4v) is 2.85. The summed E-state index contributed by atoms with van der Waals surface area (Å²) in [7, 11) is 0. The van der Waals surface area contributed by atoms with Gasteiger partial charge in [-0.15, -0.1) is 11.8 Å². The maximum absolute atomic E-state index is 5.68. The Labute approximate surface area is 131 Å². The lowest BCUT2D eigenvalue weighted by Crippen LogP contribution is -1.94. The van der Waals surface area contributed by atoms with Crippen molar-refractivity contribution in [2.45, 2.75) is 5.75 Å². The van der Waals surface area contributed by atoms with E-state index < -0.39 is 0 Å². The van der Waals surface area contributed by atoms with Crippen LogP contribution in [0.4, 0.5) is 0 Å². The molecule has 2 N–H and O–H groups in total. The van der Waals surface area contributed by atoms with Crippen LogP contribution in [0.5, 0.6) is 5.75 Å². The van der Waals surface area contributed by atoms with Crippen molar-refractivity contribution < 1.29 is 4.74 Å². The summed E-state index contributed by atoms with van der Waals surface area (Å²) >= 11 is 13.5. The Bertz CT molecular complexity index is 582. The molecular weight excluding hydrogens is 400 g/mol. The van der Waals surface area contributed by atoms with Gasteiger partial charge in [0.15, 0.2) is 4.77 Å². The standard InChI is InChI=1S/C11H10Br2N2OS2/c12-7-1-2-9(13)10(3-7)16-6-18-5-8-4-14-11(17)15-8/h1-4H,5-6H2,(H2,14,15,17). The summed E-state index contributed by atoms with van der Waals surface area (Å²) in [6.45, 7) is 0. The zero-order valence-corrected chi connectivity index (χ0v) is 14.0. The van der Waals surface area contributed by atoms with Crippen LogP contribution in [0, 0.1) is 4.77 Å². The first-order valence-electron chi connectivity index (χ1n) is 5.07. The molecule has 7 heteroatoms. The predicted molar refractivity (Wildman–Crippen MR) is 84.6 cm³/mol. The van der Waals surface area contributed by atoms with E-state index in [1.165, 1.54) is 0 Å². The van der Waals surface area contributed by atoms with E-state index in [1.807, 2.05) is 24.4 Å². The Kier molecular flexibility index (Phi) is 5.35. The molecule has 0 amide bonds. The summed E-state index contributed by atoms with van der Waals surface area (Å²) < 4.78 is 8.29. The molecule has 1 heterocycles. The SMILES string of the molecule is S=c1[nH]cc(CSCOc2cc(Br)ccc2Br)[nH]1. The van der Waals surface area contributed by atoms with Crippen molar-refractivity contribution in [3.63, 3.8) is 0 Å². The molecule has 0 fully saturated rings. The molecule has 0 saturated carbocycles. The van der Waals surface area contributed by atoms with Gasteiger partial charge in [-0.3, -0.25) is 0 Å². The number of hydrogen-bond donors (Lipinski definition) is 2. The first-order valence-corrected chi connectivity index (χ1v) is 8.22. The van der Waals surface area contributed by atoms with Crippen LogP contribution in [0.25, 0.3) is 0 Å². The molecule has 0 unspecified atom stereocenters. The van der Waals surface area contributed by atoms with E-state index >= 15 is 0 Å². The van der Waals surface area contributed by atoms with E-state index in [4.69, 9.17) is 17.0 Å². The molecular formula is C11H10Br2N2OS2. The Hall–Kier alpha value is -0.240. The molecule has 1 aromatic carbocycles. The van der Waals surface area contributed by atoms with Gasteiger partial charge in [0.05, 0.1) is 4.47 Å². The number of H-pyrrole nitrogens is 2. The molecule has 0 radical (unpaired) electrons. The molecule has 0 saturated heterocycles. The zero-order chi connectivity index (χ0) is 13.0. The minimum atomic E-state index is 0.584. The molecule has 0 atom stereocenters. The second kappa shape index (κ2) is 6.79. The van der Waals surface area contributed by atoms with Gasteiger partial charge in [-0.2, -0.15) is 0 Å². The van der Waals surface area contributed by atoms with E-state index in [0.29, 0.717) is 10.7 Å². The third kappa shape index (κ3) is 4.15.